The van der Waals surface area contributed by atoms with E-state index in [1.165, 1.54) is 36.2 Å². The number of carbonyl (C=O) groups is 4. The Kier molecular flexibility index (Phi) is 8.57. The normalized spacial score (nSPS) is 15.3. The van der Waals surface area contributed by atoms with Crippen molar-refractivity contribution in [3.63, 3.8) is 0 Å². The Morgan fingerprint density at radius 3 is 2.63 bits per heavy atom. The van der Waals surface area contributed by atoms with Crippen LogP contribution in [0.1, 0.15) is 46.0 Å². The van der Waals surface area contributed by atoms with Crippen LogP contribution in [-0.4, -0.2) is 66.8 Å². The van der Waals surface area contributed by atoms with E-state index in [-0.39, 0.29) is 42.0 Å². The van der Waals surface area contributed by atoms with E-state index in [2.05, 4.69) is 5.32 Å². The number of rotatable bonds is 7. The summed E-state index contributed by atoms with van der Waals surface area (Å²) in [5.41, 5.74) is 1.24. The van der Waals surface area contributed by atoms with Crippen molar-refractivity contribution in [3.8, 4) is 0 Å². The van der Waals surface area contributed by atoms with Crippen molar-refractivity contribution >= 4 is 29.4 Å². The van der Waals surface area contributed by atoms with Crippen molar-refractivity contribution in [2.75, 3.05) is 38.6 Å². The molecule has 3 rings (SSSR count). The Morgan fingerprint density at radius 2 is 1.91 bits per heavy atom. The molecule has 2 aromatic carbocycles. The number of esters is 1. The van der Waals surface area contributed by atoms with Gasteiger partial charge in [0, 0.05) is 31.4 Å². The molecule has 0 spiro atoms. The molecule has 8 nitrogen and oxygen atoms in total. The minimum Gasteiger partial charge on any atom is -0.466 e. The quantitative estimate of drug-likeness (QED) is 0.610. The Hall–Kier alpha value is -3.75. The third-order valence-electron chi connectivity index (χ3n) is 5.96. The predicted molar refractivity (Wildman–Crippen MR) is 128 cm³/mol. The zero-order valence-corrected chi connectivity index (χ0v) is 20.2. The number of piperidine rings is 1. The number of amides is 3. The number of aryl methyl sites for hydroxylation is 1. The van der Waals surface area contributed by atoms with Crippen molar-refractivity contribution in [2.45, 2.75) is 26.7 Å². The number of likely N-dealkylation sites (N-methyl/N-ethyl adjacent to an activating group) is 1. The van der Waals surface area contributed by atoms with Crippen molar-refractivity contribution in [1.29, 1.82) is 0 Å². The van der Waals surface area contributed by atoms with E-state index in [1.54, 1.807) is 36.9 Å². The molecule has 2 aromatic rings. The van der Waals surface area contributed by atoms with Crippen molar-refractivity contribution in [2.24, 2.45) is 5.92 Å². The summed E-state index contributed by atoms with van der Waals surface area (Å²) in [7, 11) is 1.52. The first kappa shape index (κ1) is 25.9. The first-order valence-corrected chi connectivity index (χ1v) is 11.6. The number of ether oxygens (including phenoxy) is 1. The van der Waals surface area contributed by atoms with Gasteiger partial charge in [-0.1, -0.05) is 18.2 Å². The van der Waals surface area contributed by atoms with Gasteiger partial charge in [-0.3, -0.25) is 19.2 Å². The van der Waals surface area contributed by atoms with Crippen LogP contribution in [0.15, 0.2) is 42.5 Å². The minimum absolute atomic E-state index is 0.103. The number of carbonyl (C=O) groups excluding carboxylic acids is 4. The van der Waals surface area contributed by atoms with Crippen LogP contribution in [-0.2, 0) is 14.3 Å². The van der Waals surface area contributed by atoms with Crippen LogP contribution in [0, 0.1) is 18.7 Å². The Balaban J connectivity index is 1.65. The molecule has 1 aliphatic heterocycles. The highest BCUT2D eigenvalue weighted by atomic mass is 19.1. The number of halogens is 1. The van der Waals surface area contributed by atoms with Crippen LogP contribution < -0.4 is 5.32 Å². The molecular weight excluding hydrogens is 453 g/mol. The highest BCUT2D eigenvalue weighted by Crippen LogP contribution is 2.21. The third-order valence-corrected chi connectivity index (χ3v) is 5.96. The molecule has 1 fully saturated rings. The van der Waals surface area contributed by atoms with Gasteiger partial charge in [0.2, 0.25) is 5.91 Å². The van der Waals surface area contributed by atoms with E-state index < -0.39 is 17.6 Å². The molecule has 1 aliphatic rings. The summed E-state index contributed by atoms with van der Waals surface area (Å²) in [6, 6.07) is 10.4. The molecule has 0 aromatic heterocycles. The maximum absolute atomic E-state index is 14.0. The molecule has 1 saturated heterocycles. The number of hydrogen-bond donors (Lipinski definition) is 1. The van der Waals surface area contributed by atoms with E-state index in [1.807, 2.05) is 0 Å². The molecule has 0 radical (unpaired) electrons. The molecule has 186 valence electrons. The first-order chi connectivity index (χ1) is 16.7. The smallest absolute Gasteiger partial charge is 0.310 e. The van der Waals surface area contributed by atoms with Gasteiger partial charge >= 0.3 is 5.97 Å². The Morgan fingerprint density at radius 1 is 1.17 bits per heavy atom. The van der Waals surface area contributed by atoms with Crippen LogP contribution in [0.3, 0.4) is 0 Å². The second kappa shape index (κ2) is 11.6. The number of benzene rings is 2. The summed E-state index contributed by atoms with van der Waals surface area (Å²) >= 11 is 0. The monoisotopic (exact) mass is 483 g/mol. The molecule has 1 heterocycles. The molecule has 0 saturated carbocycles. The van der Waals surface area contributed by atoms with Crippen LogP contribution in [0.2, 0.25) is 0 Å². The maximum atomic E-state index is 14.0. The van der Waals surface area contributed by atoms with E-state index in [0.29, 0.717) is 37.2 Å². The lowest BCUT2D eigenvalue weighted by Gasteiger charge is -2.32. The summed E-state index contributed by atoms with van der Waals surface area (Å²) in [5.74, 6) is -2.59. The van der Waals surface area contributed by atoms with Crippen molar-refractivity contribution in [3.05, 3.63) is 65.0 Å². The van der Waals surface area contributed by atoms with Crippen molar-refractivity contribution in [1.82, 2.24) is 9.80 Å². The van der Waals surface area contributed by atoms with Gasteiger partial charge in [0.15, 0.2) is 0 Å². The fourth-order valence-electron chi connectivity index (χ4n) is 3.98. The second-order valence-corrected chi connectivity index (χ2v) is 8.56. The summed E-state index contributed by atoms with van der Waals surface area (Å²) < 4.78 is 19.0. The molecule has 1 unspecified atom stereocenters. The largest absolute Gasteiger partial charge is 0.466 e. The average Bonchev–Trinajstić information content (AvgIpc) is 2.85. The van der Waals surface area contributed by atoms with Gasteiger partial charge in [0.1, 0.15) is 5.82 Å². The summed E-state index contributed by atoms with van der Waals surface area (Å²) in [6.07, 6.45) is 1.36. The maximum Gasteiger partial charge on any atom is 0.310 e. The highest BCUT2D eigenvalue weighted by molar-refractivity contribution is 6.06. The number of likely N-dealkylation sites (tertiary alicyclic amines) is 1. The lowest BCUT2D eigenvalue weighted by Crippen LogP contribution is -2.47. The molecule has 1 N–H and O–H groups in total. The minimum atomic E-state index is -0.643. The SMILES string of the molecule is CCOC(=O)C1CCCN(C(=O)CN(C)C(=O)c2ccc(C)c(NC(=O)c3ccccc3F)c2)C1. The van der Waals surface area contributed by atoms with E-state index in [0.717, 1.165) is 0 Å². The van der Waals surface area contributed by atoms with E-state index in [4.69, 9.17) is 4.74 Å². The lowest BCUT2D eigenvalue weighted by molar-refractivity contribution is -0.151. The Bertz CT molecular complexity index is 1120. The van der Waals surface area contributed by atoms with Gasteiger partial charge in [-0.2, -0.15) is 0 Å². The first-order valence-electron chi connectivity index (χ1n) is 11.6. The zero-order valence-electron chi connectivity index (χ0n) is 20.2. The summed E-state index contributed by atoms with van der Waals surface area (Å²) in [4.78, 5) is 53.3. The molecule has 3 amide bonds. The van der Waals surface area contributed by atoms with Gasteiger partial charge in [-0.15, -0.1) is 0 Å². The lowest BCUT2D eigenvalue weighted by atomic mass is 9.98. The topological polar surface area (TPSA) is 96.0 Å². The second-order valence-electron chi connectivity index (χ2n) is 8.56. The van der Waals surface area contributed by atoms with Gasteiger partial charge in [0.05, 0.1) is 24.6 Å². The van der Waals surface area contributed by atoms with Crippen LogP contribution in [0.4, 0.5) is 10.1 Å². The highest BCUT2D eigenvalue weighted by Gasteiger charge is 2.30. The van der Waals surface area contributed by atoms with Crippen LogP contribution >= 0.6 is 0 Å². The number of nitrogens with one attached hydrogen (secondary N) is 1. The molecular formula is C26H30FN3O5. The predicted octanol–water partition coefficient (Wildman–Crippen LogP) is 3.26. The molecule has 0 bridgehead atoms. The van der Waals surface area contributed by atoms with Gasteiger partial charge in [-0.25, -0.2) is 4.39 Å². The van der Waals surface area contributed by atoms with Crippen molar-refractivity contribution < 1.29 is 28.3 Å². The Labute approximate surface area is 204 Å². The molecule has 35 heavy (non-hydrogen) atoms. The average molecular weight is 484 g/mol. The summed E-state index contributed by atoms with van der Waals surface area (Å²) in [5, 5.41) is 2.65. The summed E-state index contributed by atoms with van der Waals surface area (Å²) in [6.45, 7) is 4.43. The molecule has 0 aliphatic carbocycles. The zero-order chi connectivity index (χ0) is 25.5. The van der Waals surface area contributed by atoms with E-state index >= 15 is 0 Å². The van der Waals surface area contributed by atoms with Crippen LogP contribution in [0.25, 0.3) is 0 Å². The number of hydrogen-bond acceptors (Lipinski definition) is 5. The number of anilines is 1. The van der Waals surface area contributed by atoms with Crippen LogP contribution in [0.5, 0.6) is 0 Å². The molecule has 1 atom stereocenters. The fourth-order valence-corrected chi connectivity index (χ4v) is 3.98. The molecule has 9 heteroatoms. The number of nitrogens with zero attached hydrogens (tertiary/aromatic N) is 2. The third kappa shape index (κ3) is 6.44. The fraction of sp³-hybridized carbons (Fsp3) is 0.385. The van der Waals surface area contributed by atoms with E-state index in [9.17, 15) is 23.6 Å². The van der Waals surface area contributed by atoms with Gasteiger partial charge in [0.25, 0.3) is 11.8 Å². The van der Waals surface area contributed by atoms with Gasteiger partial charge in [-0.05, 0) is 56.5 Å². The standard InChI is InChI=1S/C26H30FN3O5/c1-4-35-26(34)19-8-7-13-30(15-19)23(31)16-29(3)25(33)18-12-11-17(2)22(14-18)28-24(32)20-9-5-6-10-21(20)27/h5-6,9-12,14,19H,4,7-8,13,15-16H2,1-3H3,(H,28,32). The van der Waals surface area contributed by atoms with Gasteiger partial charge < -0.3 is 19.9 Å².